The first-order valence-corrected chi connectivity index (χ1v) is 7.45. The van der Waals surface area contributed by atoms with Gasteiger partial charge in [-0.25, -0.2) is 0 Å². The summed E-state index contributed by atoms with van der Waals surface area (Å²) in [5.74, 6) is 0.972. The summed E-state index contributed by atoms with van der Waals surface area (Å²) >= 11 is 1.75. The molecule has 0 aromatic heterocycles. The average Bonchev–Trinajstić information content (AvgIpc) is 2.34. The van der Waals surface area contributed by atoms with Crippen molar-refractivity contribution in [2.45, 2.75) is 37.6 Å². The Balaban J connectivity index is 2.09. The number of thioether (sulfide) groups is 1. The zero-order valence-electron chi connectivity index (χ0n) is 11.0. The minimum absolute atomic E-state index is 0.579. The molecule has 0 saturated carbocycles. The van der Waals surface area contributed by atoms with Gasteiger partial charge in [0.25, 0.3) is 0 Å². The molecule has 0 saturated heterocycles. The van der Waals surface area contributed by atoms with Crippen LogP contribution >= 0.6 is 11.8 Å². The summed E-state index contributed by atoms with van der Waals surface area (Å²) in [6.07, 6.45) is 4.35. The summed E-state index contributed by atoms with van der Waals surface area (Å²) in [6, 6.07) is 8.85. The molecular formula is C14H23NOS. The molecular weight excluding hydrogens is 230 g/mol. The maximum Gasteiger partial charge on any atom is 0.119 e. The van der Waals surface area contributed by atoms with Gasteiger partial charge in [-0.1, -0.05) is 13.8 Å². The molecule has 0 aliphatic carbocycles. The van der Waals surface area contributed by atoms with Gasteiger partial charge >= 0.3 is 0 Å². The van der Waals surface area contributed by atoms with E-state index < -0.39 is 0 Å². The van der Waals surface area contributed by atoms with Gasteiger partial charge in [0.2, 0.25) is 0 Å². The van der Waals surface area contributed by atoms with Crippen molar-refractivity contribution in [3.05, 3.63) is 24.3 Å². The lowest BCUT2D eigenvalue weighted by atomic mass is 10.3. The molecule has 0 bridgehead atoms. The Morgan fingerprint density at radius 2 is 1.88 bits per heavy atom. The summed E-state index contributed by atoms with van der Waals surface area (Å²) in [6.45, 7) is 6.22. The fourth-order valence-electron chi connectivity index (χ4n) is 1.48. The average molecular weight is 253 g/mol. The van der Waals surface area contributed by atoms with E-state index in [0.29, 0.717) is 6.04 Å². The highest BCUT2D eigenvalue weighted by Crippen LogP contribution is 2.18. The van der Waals surface area contributed by atoms with Gasteiger partial charge in [0.15, 0.2) is 0 Å². The highest BCUT2D eigenvalue weighted by Gasteiger charge is 1.95. The first-order valence-electron chi connectivity index (χ1n) is 6.22. The van der Waals surface area contributed by atoms with E-state index in [1.807, 2.05) is 12.1 Å². The number of hydrogen-bond acceptors (Lipinski definition) is 3. The largest absolute Gasteiger partial charge is 0.494 e. The van der Waals surface area contributed by atoms with Gasteiger partial charge < -0.3 is 10.1 Å². The molecule has 0 atom stereocenters. The molecule has 2 nitrogen and oxygen atoms in total. The van der Waals surface area contributed by atoms with Crippen molar-refractivity contribution in [3.8, 4) is 5.75 Å². The molecule has 1 rings (SSSR count). The number of ether oxygens (including phenoxy) is 1. The molecule has 96 valence electrons. The van der Waals surface area contributed by atoms with E-state index in [4.69, 9.17) is 4.74 Å². The summed E-state index contributed by atoms with van der Waals surface area (Å²) in [5.41, 5.74) is 0. The van der Waals surface area contributed by atoms with Crippen LogP contribution < -0.4 is 10.1 Å². The summed E-state index contributed by atoms with van der Waals surface area (Å²) < 4.78 is 5.68. The molecule has 0 radical (unpaired) electrons. The Bertz CT molecular complexity index is 298. The number of benzene rings is 1. The van der Waals surface area contributed by atoms with Crippen LogP contribution in [-0.2, 0) is 0 Å². The van der Waals surface area contributed by atoms with Crippen LogP contribution in [0.2, 0.25) is 0 Å². The lowest BCUT2D eigenvalue weighted by Gasteiger charge is -2.09. The van der Waals surface area contributed by atoms with Gasteiger partial charge in [-0.2, -0.15) is 0 Å². The molecule has 0 amide bonds. The van der Waals surface area contributed by atoms with Gasteiger partial charge in [0.05, 0.1) is 6.61 Å². The minimum Gasteiger partial charge on any atom is -0.494 e. The molecule has 1 aromatic rings. The number of rotatable bonds is 8. The van der Waals surface area contributed by atoms with Gasteiger partial charge in [0.1, 0.15) is 5.75 Å². The smallest absolute Gasteiger partial charge is 0.119 e. The molecule has 0 aliphatic rings. The lowest BCUT2D eigenvalue weighted by molar-refractivity contribution is 0.305. The molecule has 1 N–H and O–H groups in total. The lowest BCUT2D eigenvalue weighted by Crippen LogP contribution is -2.23. The quantitative estimate of drug-likeness (QED) is 0.565. The Kier molecular flexibility index (Phi) is 7.13. The van der Waals surface area contributed by atoms with Gasteiger partial charge in [-0.05, 0) is 49.9 Å². The Labute approximate surface area is 109 Å². The van der Waals surface area contributed by atoms with Crippen molar-refractivity contribution in [3.63, 3.8) is 0 Å². The summed E-state index contributed by atoms with van der Waals surface area (Å²) in [5, 5.41) is 3.40. The maximum atomic E-state index is 5.68. The van der Waals surface area contributed by atoms with Crippen LogP contribution in [0.5, 0.6) is 5.75 Å². The third kappa shape index (κ3) is 6.59. The second-order valence-electron chi connectivity index (χ2n) is 4.34. The fourth-order valence-corrected chi connectivity index (χ4v) is 1.89. The SMILES string of the molecule is CSc1ccc(OCCCCNC(C)C)cc1. The van der Waals surface area contributed by atoms with Crippen LogP contribution in [0.1, 0.15) is 26.7 Å². The topological polar surface area (TPSA) is 21.3 Å². The molecule has 0 spiro atoms. The van der Waals surface area contributed by atoms with Crippen molar-refractivity contribution < 1.29 is 4.74 Å². The molecule has 17 heavy (non-hydrogen) atoms. The third-order valence-electron chi connectivity index (χ3n) is 2.45. The van der Waals surface area contributed by atoms with Crippen molar-refractivity contribution in [2.75, 3.05) is 19.4 Å². The first-order chi connectivity index (χ1) is 8.22. The van der Waals surface area contributed by atoms with Crippen molar-refractivity contribution >= 4 is 11.8 Å². The van der Waals surface area contributed by atoms with E-state index in [-0.39, 0.29) is 0 Å². The predicted octanol–water partition coefficient (Wildman–Crippen LogP) is 3.57. The highest BCUT2D eigenvalue weighted by atomic mass is 32.2. The molecule has 3 heteroatoms. The Hall–Kier alpha value is -0.670. The Morgan fingerprint density at radius 1 is 1.18 bits per heavy atom. The van der Waals surface area contributed by atoms with E-state index in [9.17, 15) is 0 Å². The first kappa shape index (κ1) is 14.4. The molecule has 1 aromatic carbocycles. The van der Waals surface area contributed by atoms with Gasteiger partial charge in [0, 0.05) is 10.9 Å². The molecule has 0 heterocycles. The zero-order chi connectivity index (χ0) is 12.5. The summed E-state index contributed by atoms with van der Waals surface area (Å²) in [7, 11) is 0. The van der Waals surface area contributed by atoms with Crippen LogP contribution in [-0.4, -0.2) is 25.4 Å². The number of hydrogen-bond donors (Lipinski definition) is 1. The molecule has 0 fully saturated rings. The second-order valence-corrected chi connectivity index (χ2v) is 5.22. The van der Waals surface area contributed by atoms with E-state index in [2.05, 4.69) is 37.6 Å². The van der Waals surface area contributed by atoms with E-state index in [1.54, 1.807) is 11.8 Å². The Morgan fingerprint density at radius 3 is 2.47 bits per heavy atom. The van der Waals surface area contributed by atoms with Crippen LogP contribution in [0, 0.1) is 0 Å². The van der Waals surface area contributed by atoms with E-state index in [1.165, 1.54) is 11.3 Å². The third-order valence-corrected chi connectivity index (χ3v) is 3.20. The van der Waals surface area contributed by atoms with Gasteiger partial charge in [-0.3, -0.25) is 0 Å². The maximum absolute atomic E-state index is 5.68. The van der Waals surface area contributed by atoms with Crippen molar-refractivity contribution in [2.24, 2.45) is 0 Å². The monoisotopic (exact) mass is 253 g/mol. The number of nitrogens with one attached hydrogen (secondary N) is 1. The normalized spacial score (nSPS) is 10.8. The highest BCUT2D eigenvalue weighted by molar-refractivity contribution is 7.98. The summed E-state index contributed by atoms with van der Waals surface area (Å²) in [4.78, 5) is 1.28. The van der Waals surface area contributed by atoms with E-state index in [0.717, 1.165) is 25.3 Å². The van der Waals surface area contributed by atoms with Crippen LogP contribution in [0.4, 0.5) is 0 Å². The predicted molar refractivity (Wildman–Crippen MR) is 76.1 cm³/mol. The standard InChI is InChI=1S/C14H23NOS/c1-12(2)15-10-4-5-11-16-13-6-8-14(17-3)9-7-13/h6-9,12,15H,4-5,10-11H2,1-3H3. The van der Waals surface area contributed by atoms with Crippen molar-refractivity contribution in [1.82, 2.24) is 5.32 Å². The minimum atomic E-state index is 0.579. The van der Waals surface area contributed by atoms with Crippen LogP contribution in [0.25, 0.3) is 0 Å². The molecule has 0 unspecified atom stereocenters. The van der Waals surface area contributed by atoms with E-state index >= 15 is 0 Å². The fraction of sp³-hybridized carbons (Fsp3) is 0.571. The van der Waals surface area contributed by atoms with Crippen molar-refractivity contribution in [1.29, 1.82) is 0 Å². The number of unbranched alkanes of at least 4 members (excludes halogenated alkanes) is 1. The molecule has 0 aliphatic heterocycles. The van der Waals surface area contributed by atoms with Crippen LogP contribution in [0.3, 0.4) is 0 Å². The zero-order valence-corrected chi connectivity index (χ0v) is 11.8. The van der Waals surface area contributed by atoms with Gasteiger partial charge in [-0.15, -0.1) is 11.8 Å². The van der Waals surface area contributed by atoms with Crippen LogP contribution in [0.15, 0.2) is 29.2 Å². The second kappa shape index (κ2) is 8.43.